The van der Waals surface area contributed by atoms with Crippen LogP contribution in [-0.4, -0.2) is 17.1 Å². The lowest BCUT2D eigenvalue weighted by atomic mass is 9.84. The quantitative estimate of drug-likeness (QED) is 0.761. The number of methoxy groups -OCH3 is 1. The van der Waals surface area contributed by atoms with E-state index in [-0.39, 0.29) is 5.60 Å². The van der Waals surface area contributed by atoms with Crippen LogP contribution in [0.3, 0.4) is 0 Å². The summed E-state index contributed by atoms with van der Waals surface area (Å²) in [4.78, 5) is 8.90. The Morgan fingerprint density at radius 2 is 1.69 bits per heavy atom. The number of ether oxygens (including phenoxy) is 1. The van der Waals surface area contributed by atoms with Crippen molar-refractivity contribution in [3.05, 3.63) is 21.1 Å². The molecule has 1 fully saturated rings. The van der Waals surface area contributed by atoms with Crippen molar-refractivity contribution >= 4 is 31.9 Å². The Labute approximate surface area is 112 Å². The minimum atomic E-state index is -0.287. The lowest BCUT2D eigenvalue weighted by molar-refractivity contribution is -0.0517. The summed E-state index contributed by atoms with van der Waals surface area (Å²) >= 11 is 6.79. The average Bonchev–Trinajstić information content (AvgIpc) is 2.28. The monoisotopic (exact) mass is 348 g/mol. The number of hydrogen-bond donors (Lipinski definition) is 0. The van der Waals surface area contributed by atoms with Crippen molar-refractivity contribution in [2.24, 2.45) is 0 Å². The molecule has 1 saturated carbocycles. The molecule has 0 bridgehead atoms. The fourth-order valence-corrected chi connectivity index (χ4v) is 3.31. The minimum absolute atomic E-state index is 0.287. The standard InChI is InChI=1S/C11H14Br2N2O/c1-16-11(5-3-2-4-6-11)10-14-8(12)7-9(13)15-10/h7H,2-6H2,1H3. The molecule has 2 rings (SSSR count). The second kappa shape index (κ2) is 5.10. The van der Waals surface area contributed by atoms with Gasteiger partial charge >= 0.3 is 0 Å². The zero-order valence-corrected chi connectivity index (χ0v) is 12.3. The molecule has 1 aliphatic rings. The van der Waals surface area contributed by atoms with Gasteiger partial charge in [0, 0.05) is 13.2 Å². The zero-order chi connectivity index (χ0) is 11.6. The van der Waals surface area contributed by atoms with Gasteiger partial charge in [0.15, 0.2) is 5.82 Å². The molecule has 0 unspecified atom stereocenters. The van der Waals surface area contributed by atoms with Gasteiger partial charge < -0.3 is 4.74 Å². The third-order valence-corrected chi connectivity index (χ3v) is 3.94. The summed E-state index contributed by atoms with van der Waals surface area (Å²) in [7, 11) is 1.75. The summed E-state index contributed by atoms with van der Waals surface area (Å²) < 4.78 is 7.30. The molecular formula is C11H14Br2N2O. The van der Waals surface area contributed by atoms with Crippen molar-refractivity contribution in [3.8, 4) is 0 Å². The van der Waals surface area contributed by atoms with E-state index in [1.54, 1.807) is 7.11 Å². The van der Waals surface area contributed by atoms with E-state index in [9.17, 15) is 0 Å². The van der Waals surface area contributed by atoms with Crippen LogP contribution in [0.15, 0.2) is 15.3 Å². The van der Waals surface area contributed by atoms with Gasteiger partial charge in [0.25, 0.3) is 0 Å². The van der Waals surface area contributed by atoms with E-state index in [1.165, 1.54) is 19.3 Å². The third-order valence-electron chi connectivity index (χ3n) is 3.12. The van der Waals surface area contributed by atoms with Crippen molar-refractivity contribution in [1.29, 1.82) is 0 Å². The Hall–Kier alpha value is -0.0000000000000000555. The number of rotatable bonds is 2. The highest BCUT2D eigenvalue weighted by Gasteiger charge is 2.37. The minimum Gasteiger partial charge on any atom is -0.370 e. The highest BCUT2D eigenvalue weighted by atomic mass is 79.9. The maximum Gasteiger partial charge on any atom is 0.162 e. The molecule has 3 nitrogen and oxygen atoms in total. The molecule has 0 radical (unpaired) electrons. The number of nitrogens with zero attached hydrogens (tertiary/aromatic N) is 2. The second-order valence-corrected chi connectivity index (χ2v) is 5.72. The van der Waals surface area contributed by atoms with Gasteiger partial charge in [0.2, 0.25) is 0 Å². The molecule has 0 spiro atoms. The molecule has 1 heterocycles. The Morgan fingerprint density at radius 1 is 1.12 bits per heavy atom. The van der Waals surface area contributed by atoms with Crippen LogP contribution in [0.25, 0.3) is 0 Å². The van der Waals surface area contributed by atoms with E-state index < -0.39 is 0 Å². The lowest BCUT2D eigenvalue weighted by Crippen LogP contribution is -2.33. The van der Waals surface area contributed by atoms with Crippen molar-refractivity contribution in [2.75, 3.05) is 7.11 Å². The van der Waals surface area contributed by atoms with Crippen molar-refractivity contribution < 1.29 is 4.74 Å². The van der Waals surface area contributed by atoms with Crippen molar-refractivity contribution in [1.82, 2.24) is 9.97 Å². The zero-order valence-electron chi connectivity index (χ0n) is 9.17. The first-order chi connectivity index (χ1) is 7.66. The molecule has 88 valence electrons. The van der Waals surface area contributed by atoms with Crippen molar-refractivity contribution in [2.45, 2.75) is 37.7 Å². The molecule has 0 aromatic carbocycles. The van der Waals surface area contributed by atoms with Gasteiger partial charge in [-0.2, -0.15) is 0 Å². The Kier molecular flexibility index (Phi) is 3.97. The van der Waals surface area contributed by atoms with Gasteiger partial charge in [-0.25, -0.2) is 9.97 Å². The summed E-state index contributed by atoms with van der Waals surface area (Å²) in [6.45, 7) is 0. The molecule has 0 N–H and O–H groups in total. The third kappa shape index (κ3) is 2.46. The summed E-state index contributed by atoms with van der Waals surface area (Å²) in [6, 6.07) is 1.84. The van der Waals surface area contributed by atoms with E-state index in [0.29, 0.717) is 0 Å². The molecule has 1 aromatic heterocycles. The topological polar surface area (TPSA) is 35.0 Å². The predicted octanol–water partition coefficient (Wildman–Crippen LogP) is 3.81. The maximum atomic E-state index is 5.71. The molecule has 0 aliphatic heterocycles. The molecule has 16 heavy (non-hydrogen) atoms. The highest BCUT2D eigenvalue weighted by Crippen LogP contribution is 2.38. The number of aromatic nitrogens is 2. The molecule has 0 atom stereocenters. The van der Waals surface area contributed by atoms with Gasteiger partial charge in [0.1, 0.15) is 14.8 Å². The molecule has 0 amide bonds. The van der Waals surface area contributed by atoms with Crippen molar-refractivity contribution in [3.63, 3.8) is 0 Å². The van der Waals surface area contributed by atoms with E-state index in [4.69, 9.17) is 4.74 Å². The van der Waals surface area contributed by atoms with Crippen LogP contribution in [0.1, 0.15) is 37.9 Å². The first-order valence-corrected chi connectivity index (χ1v) is 7.01. The number of hydrogen-bond acceptors (Lipinski definition) is 3. The van der Waals surface area contributed by atoms with E-state index in [1.807, 2.05) is 6.07 Å². The first kappa shape index (κ1) is 12.5. The van der Waals surface area contributed by atoms with Gasteiger partial charge in [-0.1, -0.05) is 19.3 Å². The lowest BCUT2D eigenvalue weighted by Gasteiger charge is -2.34. The largest absolute Gasteiger partial charge is 0.370 e. The average molecular weight is 350 g/mol. The van der Waals surface area contributed by atoms with E-state index in [0.717, 1.165) is 27.9 Å². The van der Waals surface area contributed by atoms with Crippen LogP contribution in [0.5, 0.6) is 0 Å². The summed E-state index contributed by atoms with van der Waals surface area (Å²) in [6.07, 6.45) is 5.65. The summed E-state index contributed by atoms with van der Waals surface area (Å²) in [5, 5.41) is 0. The van der Waals surface area contributed by atoms with Crippen LogP contribution in [0, 0.1) is 0 Å². The molecular weight excluding hydrogens is 336 g/mol. The Morgan fingerprint density at radius 3 is 2.19 bits per heavy atom. The molecule has 0 saturated heterocycles. The number of halogens is 2. The van der Waals surface area contributed by atoms with Crippen LogP contribution in [0.2, 0.25) is 0 Å². The van der Waals surface area contributed by atoms with E-state index >= 15 is 0 Å². The van der Waals surface area contributed by atoms with Crippen LogP contribution in [0.4, 0.5) is 0 Å². The fourth-order valence-electron chi connectivity index (χ4n) is 2.24. The highest BCUT2D eigenvalue weighted by molar-refractivity contribution is 9.11. The smallest absolute Gasteiger partial charge is 0.162 e. The predicted molar refractivity (Wildman–Crippen MR) is 69.2 cm³/mol. The summed E-state index contributed by atoms with van der Waals surface area (Å²) in [5.74, 6) is 0.788. The van der Waals surface area contributed by atoms with Crippen LogP contribution < -0.4 is 0 Å². The molecule has 5 heteroatoms. The van der Waals surface area contributed by atoms with Gasteiger partial charge in [0.05, 0.1) is 0 Å². The SMILES string of the molecule is COC1(c2nc(Br)cc(Br)n2)CCCCC1. The molecule has 1 aromatic rings. The van der Waals surface area contributed by atoms with Gasteiger partial charge in [-0.3, -0.25) is 0 Å². The maximum absolute atomic E-state index is 5.71. The molecule has 1 aliphatic carbocycles. The van der Waals surface area contributed by atoms with Crippen LogP contribution >= 0.6 is 31.9 Å². The second-order valence-electron chi connectivity index (χ2n) is 4.10. The fraction of sp³-hybridized carbons (Fsp3) is 0.636. The Bertz CT molecular complexity index is 358. The van der Waals surface area contributed by atoms with E-state index in [2.05, 4.69) is 41.8 Å². The van der Waals surface area contributed by atoms with Gasteiger partial charge in [-0.15, -0.1) is 0 Å². The van der Waals surface area contributed by atoms with Gasteiger partial charge in [-0.05, 0) is 44.7 Å². The summed E-state index contributed by atoms with van der Waals surface area (Å²) in [5.41, 5.74) is -0.287. The Balaban J connectivity index is 2.38. The first-order valence-electron chi connectivity index (χ1n) is 5.42. The normalized spacial score (nSPS) is 19.7. The van der Waals surface area contributed by atoms with Crippen LogP contribution in [-0.2, 0) is 10.3 Å².